The number of rotatable bonds is 4. The molecule has 0 aliphatic heterocycles. The zero-order chi connectivity index (χ0) is 12.3. The zero-order valence-electron chi connectivity index (χ0n) is 9.29. The normalized spacial score (nSPS) is 10.2. The summed E-state index contributed by atoms with van der Waals surface area (Å²) in [6, 6.07) is 9.56. The number of aromatic carboxylic acids is 1. The van der Waals surface area contributed by atoms with E-state index in [1.807, 2.05) is 30.3 Å². The molecule has 1 heterocycles. The fraction of sp³-hybridized carbons (Fsp3) is 0.182. The minimum absolute atomic E-state index is 0.0711. The second-order valence-corrected chi connectivity index (χ2v) is 3.47. The molecule has 0 atom stereocenters. The van der Waals surface area contributed by atoms with E-state index in [0.717, 1.165) is 5.56 Å². The van der Waals surface area contributed by atoms with E-state index in [1.165, 1.54) is 4.57 Å². The van der Waals surface area contributed by atoms with Crippen molar-refractivity contribution in [3.63, 3.8) is 0 Å². The van der Waals surface area contributed by atoms with Crippen LogP contribution in [0.1, 0.15) is 16.2 Å². The van der Waals surface area contributed by atoms with Crippen LogP contribution in [0.15, 0.2) is 30.3 Å². The first-order valence-electron chi connectivity index (χ1n) is 5.10. The molecule has 0 saturated carbocycles. The maximum absolute atomic E-state index is 11.0. The zero-order valence-corrected chi connectivity index (χ0v) is 9.29. The number of benzene rings is 1. The van der Waals surface area contributed by atoms with Crippen LogP contribution >= 0.6 is 0 Å². The number of hydrogen-bond donors (Lipinski definition) is 2. The molecule has 0 radical (unpaired) electrons. The molecule has 0 spiro atoms. The Morgan fingerprint density at radius 1 is 1.35 bits per heavy atom. The summed E-state index contributed by atoms with van der Waals surface area (Å²) in [6.07, 6.45) is 0. The first-order valence-corrected chi connectivity index (χ1v) is 5.10. The minimum Gasteiger partial charge on any atom is -0.475 e. The fourth-order valence-corrected chi connectivity index (χ4v) is 1.56. The molecule has 0 aliphatic carbocycles. The first kappa shape index (κ1) is 11.1. The highest BCUT2D eigenvalue weighted by Crippen LogP contribution is 2.11. The Hall–Kier alpha value is -2.37. The van der Waals surface area contributed by atoms with Gasteiger partial charge in [0.2, 0.25) is 11.8 Å². The third kappa shape index (κ3) is 2.25. The highest BCUT2D eigenvalue weighted by atomic mass is 16.4. The van der Waals surface area contributed by atoms with Crippen molar-refractivity contribution in [1.82, 2.24) is 14.8 Å². The summed E-state index contributed by atoms with van der Waals surface area (Å²) in [6.45, 7) is 0.422. The summed E-state index contributed by atoms with van der Waals surface area (Å²) in [5.41, 5.74) is 0.992. The number of carbonyl (C=O) groups is 1. The monoisotopic (exact) mass is 232 g/mol. The minimum atomic E-state index is -1.09. The highest BCUT2D eigenvalue weighted by molar-refractivity contribution is 5.83. The molecule has 1 aromatic heterocycles. The number of aromatic nitrogens is 3. The van der Waals surface area contributed by atoms with E-state index in [9.17, 15) is 4.79 Å². The lowest BCUT2D eigenvalue weighted by Crippen LogP contribution is -2.12. The van der Waals surface area contributed by atoms with Gasteiger partial charge >= 0.3 is 5.97 Å². The second-order valence-electron chi connectivity index (χ2n) is 3.47. The standard InChI is InChI=1S/C11H12N4O2/c1-12-11-14-13-9(10(16)17)15(11)7-8-5-3-2-4-6-8/h2-6H,7H2,1H3,(H,12,14)(H,16,17). The molecule has 2 aromatic rings. The molecule has 6 heteroatoms. The van der Waals surface area contributed by atoms with E-state index >= 15 is 0 Å². The Balaban J connectivity index is 2.37. The van der Waals surface area contributed by atoms with Crippen molar-refractivity contribution in [3.8, 4) is 0 Å². The third-order valence-electron chi connectivity index (χ3n) is 2.35. The van der Waals surface area contributed by atoms with Crippen LogP contribution in [-0.4, -0.2) is 32.9 Å². The quantitative estimate of drug-likeness (QED) is 0.824. The van der Waals surface area contributed by atoms with Gasteiger partial charge in [0.05, 0.1) is 6.54 Å². The molecular formula is C11H12N4O2. The lowest BCUT2D eigenvalue weighted by atomic mass is 10.2. The van der Waals surface area contributed by atoms with Crippen LogP contribution in [0.3, 0.4) is 0 Å². The predicted molar refractivity (Wildman–Crippen MR) is 62.1 cm³/mol. The Labute approximate surface area is 97.9 Å². The average Bonchev–Trinajstić information content (AvgIpc) is 2.73. The highest BCUT2D eigenvalue weighted by Gasteiger charge is 2.16. The summed E-state index contributed by atoms with van der Waals surface area (Å²) < 4.78 is 1.53. The first-order chi connectivity index (χ1) is 8.22. The number of carboxylic acid groups (broad SMARTS) is 1. The number of hydrogen-bond acceptors (Lipinski definition) is 4. The van der Waals surface area contributed by atoms with Crippen molar-refractivity contribution in [2.75, 3.05) is 12.4 Å². The van der Waals surface area contributed by atoms with Crippen LogP contribution in [0.5, 0.6) is 0 Å². The van der Waals surface area contributed by atoms with Crippen LogP contribution in [0.2, 0.25) is 0 Å². The SMILES string of the molecule is CNc1nnc(C(=O)O)n1Cc1ccccc1. The van der Waals surface area contributed by atoms with Gasteiger partial charge in [0, 0.05) is 7.05 Å². The molecule has 0 saturated heterocycles. The van der Waals surface area contributed by atoms with Gasteiger partial charge in [-0.1, -0.05) is 30.3 Å². The molecule has 0 amide bonds. The molecule has 0 fully saturated rings. The maximum Gasteiger partial charge on any atom is 0.374 e. The summed E-state index contributed by atoms with van der Waals surface area (Å²) in [7, 11) is 1.68. The van der Waals surface area contributed by atoms with E-state index in [0.29, 0.717) is 12.5 Å². The average molecular weight is 232 g/mol. The topological polar surface area (TPSA) is 80.0 Å². The summed E-state index contributed by atoms with van der Waals surface area (Å²) in [5, 5.41) is 19.2. The van der Waals surface area contributed by atoms with E-state index in [4.69, 9.17) is 5.11 Å². The van der Waals surface area contributed by atoms with E-state index < -0.39 is 5.97 Å². The largest absolute Gasteiger partial charge is 0.475 e. The molecule has 88 valence electrons. The lowest BCUT2D eigenvalue weighted by Gasteiger charge is -2.07. The van der Waals surface area contributed by atoms with Gasteiger partial charge in [0.25, 0.3) is 0 Å². The smallest absolute Gasteiger partial charge is 0.374 e. The molecule has 1 aromatic carbocycles. The van der Waals surface area contributed by atoms with Gasteiger partial charge in [-0.25, -0.2) is 4.79 Å². The van der Waals surface area contributed by atoms with Gasteiger partial charge < -0.3 is 10.4 Å². The summed E-state index contributed by atoms with van der Waals surface area (Å²) in [4.78, 5) is 11.0. The van der Waals surface area contributed by atoms with Crippen LogP contribution in [0.4, 0.5) is 5.95 Å². The Bertz CT molecular complexity index is 522. The maximum atomic E-state index is 11.0. The Morgan fingerprint density at radius 3 is 2.65 bits per heavy atom. The molecule has 2 rings (SSSR count). The molecular weight excluding hydrogens is 220 g/mol. The molecule has 0 bridgehead atoms. The molecule has 0 aliphatic rings. The van der Waals surface area contributed by atoms with Crippen molar-refractivity contribution in [2.45, 2.75) is 6.54 Å². The summed E-state index contributed by atoms with van der Waals surface area (Å²) in [5.74, 6) is -0.723. The summed E-state index contributed by atoms with van der Waals surface area (Å²) >= 11 is 0. The van der Waals surface area contributed by atoms with E-state index in [1.54, 1.807) is 7.05 Å². The second kappa shape index (κ2) is 4.65. The number of anilines is 1. The Morgan fingerprint density at radius 2 is 2.06 bits per heavy atom. The number of nitrogens with zero attached hydrogens (tertiary/aromatic N) is 3. The number of nitrogens with one attached hydrogen (secondary N) is 1. The van der Waals surface area contributed by atoms with Gasteiger partial charge in [0.1, 0.15) is 0 Å². The van der Waals surface area contributed by atoms with Crippen LogP contribution in [0, 0.1) is 0 Å². The van der Waals surface area contributed by atoms with Crippen molar-refractivity contribution in [3.05, 3.63) is 41.7 Å². The molecule has 6 nitrogen and oxygen atoms in total. The van der Waals surface area contributed by atoms with Crippen LogP contribution < -0.4 is 5.32 Å². The van der Waals surface area contributed by atoms with Crippen LogP contribution in [0.25, 0.3) is 0 Å². The molecule has 0 unspecified atom stereocenters. The van der Waals surface area contributed by atoms with Crippen molar-refractivity contribution >= 4 is 11.9 Å². The van der Waals surface area contributed by atoms with Gasteiger partial charge in [-0.2, -0.15) is 0 Å². The van der Waals surface area contributed by atoms with Crippen molar-refractivity contribution < 1.29 is 9.90 Å². The van der Waals surface area contributed by atoms with Gasteiger partial charge in [-0.05, 0) is 5.56 Å². The fourth-order valence-electron chi connectivity index (χ4n) is 1.56. The van der Waals surface area contributed by atoms with E-state index in [2.05, 4.69) is 15.5 Å². The lowest BCUT2D eigenvalue weighted by molar-refractivity contribution is 0.0678. The van der Waals surface area contributed by atoms with Gasteiger partial charge in [0.15, 0.2) is 0 Å². The van der Waals surface area contributed by atoms with Crippen molar-refractivity contribution in [1.29, 1.82) is 0 Å². The van der Waals surface area contributed by atoms with Crippen LogP contribution in [-0.2, 0) is 6.54 Å². The van der Waals surface area contributed by atoms with Crippen molar-refractivity contribution in [2.24, 2.45) is 0 Å². The third-order valence-corrected chi connectivity index (χ3v) is 2.35. The molecule has 2 N–H and O–H groups in total. The Kier molecular flexibility index (Phi) is 3.04. The number of carboxylic acids is 1. The molecule has 17 heavy (non-hydrogen) atoms. The van der Waals surface area contributed by atoms with Gasteiger partial charge in [-0.15, -0.1) is 10.2 Å². The predicted octanol–water partition coefficient (Wildman–Crippen LogP) is 1.07. The van der Waals surface area contributed by atoms with E-state index in [-0.39, 0.29) is 5.82 Å². The van der Waals surface area contributed by atoms with Gasteiger partial charge in [-0.3, -0.25) is 4.57 Å².